The standard InChI is InChI=1S/C14H17ClO3/c1-14(2,13(16)17)8-9-3-6-12(11(15)7-9)18-10-4-5-10/h3,6-7,10H,4-5,8H2,1-2H3,(H,16,17). The van der Waals surface area contributed by atoms with Crippen molar-refractivity contribution in [3.05, 3.63) is 28.8 Å². The second-order valence-corrected chi connectivity index (χ2v) is 5.85. The highest BCUT2D eigenvalue weighted by Gasteiger charge is 2.28. The first-order valence-electron chi connectivity index (χ1n) is 6.07. The molecular formula is C14H17ClO3. The van der Waals surface area contributed by atoms with Crippen LogP contribution < -0.4 is 4.74 Å². The molecule has 1 aromatic rings. The number of aliphatic carboxylic acids is 1. The fourth-order valence-electron chi connectivity index (χ4n) is 1.70. The van der Waals surface area contributed by atoms with Crippen molar-refractivity contribution in [3.8, 4) is 5.75 Å². The number of ether oxygens (including phenoxy) is 1. The van der Waals surface area contributed by atoms with Gasteiger partial charge in [0, 0.05) is 0 Å². The average Bonchev–Trinajstić information content (AvgIpc) is 3.05. The van der Waals surface area contributed by atoms with Crippen molar-refractivity contribution in [2.45, 2.75) is 39.2 Å². The Bertz CT molecular complexity index is 464. The van der Waals surface area contributed by atoms with Gasteiger partial charge in [-0.3, -0.25) is 4.79 Å². The molecule has 0 amide bonds. The minimum Gasteiger partial charge on any atom is -0.489 e. The molecule has 0 aromatic heterocycles. The van der Waals surface area contributed by atoms with E-state index < -0.39 is 11.4 Å². The Balaban J connectivity index is 2.10. The predicted molar refractivity (Wildman–Crippen MR) is 70.2 cm³/mol. The van der Waals surface area contributed by atoms with Gasteiger partial charge in [0.25, 0.3) is 0 Å². The van der Waals surface area contributed by atoms with Gasteiger partial charge < -0.3 is 9.84 Å². The zero-order valence-corrected chi connectivity index (χ0v) is 11.3. The highest BCUT2D eigenvalue weighted by molar-refractivity contribution is 6.32. The van der Waals surface area contributed by atoms with E-state index in [4.69, 9.17) is 21.4 Å². The molecule has 3 nitrogen and oxygen atoms in total. The van der Waals surface area contributed by atoms with Crippen molar-refractivity contribution in [2.24, 2.45) is 5.41 Å². The van der Waals surface area contributed by atoms with Gasteiger partial charge in [-0.15, -0.1) is 0 Å². The summed E-state index contributed by atoms with van der Waals surface area (Å²) in [6.45, 7) is 3.41. The van der Waals surface area contributed by atoms with Gasteiger partial charge in [-0.2, -0.15) is 0 Å². The number of halogens is 1. The van der Waals surface area contributed by atoms with Crippen LogP contribution in [0.1, 0.15) is 32.3 Å². The summed E-state index contributed by atoms with van der Waals surface area (Å²) in [6, 6.07) is 5.51. The zero-order chi connectivity index (χ0) is 13.3. The number of rotatable bonds is 5. The van der Waals surface area contributed by atoms with Crippen LogP contribution in [-0.4, -0.2) is 17.2 Å². The fraction of sp³-hybridized carbons (Fsp3) is 0.500. The lowest BCUT2D eigenvalue weighted by molar-refractivity contribution is -0.146. The van der Waals surface area contributed by atoms with Gasteiger partial charge in [-0.25, -0.2) is 0 Å². The van der Waals surface area contributed by atoms with E-state index in [0.29, 0.717) is 23.3 Å². The largest absolute Gasteiger partial charge is 0.489 e. The predicted octanol–water partition coefficient (Wildman–Crippen LogP) is 3.53. The third-order valence-electron chi connectivity index (χ3n) is 3.04. The first-order chi connectivity index (χ1) is 8.38. The normalized spacial score (nSPS) is 15.5. The first-order valence-corrected chi connectivity index (χ1v) is 6.45. The molecule has 98 valence electrons. The monoisotopic (exact) mass is 268 g/mol. The number of benzene rings is 1. The average molecular weight is 269 g/mol. The third-order valence-corrected chi connectivity index (χ3v) is 3.33. The number of carboxylic acids is 1. The Labute approximate surface area is 112 Å². The Morgan fingerprint density at radius 3 is 2.67 bits per heavy atom. The van der Waals surface area contributed by atoms with Gasteiger partial charge >= 0.3 is 5.97 Å². The highest BCUT2D eigenvalue weighted by Crippen LogP contribution is 2.33. The smallest absolute Gasteiger partial charge is 0.309 e. The highest BCUT2D eigenvalue weighted by atomic mass is 35.5. The summed E-state index contributed by atoms with van der Waals surface area (Å²) in [5, 5.41) is 9.65. The van der Waals surface area contributed by atoms with E-state index in [1.165, 1.54) is 0 Å². The zero-order valence-electron chi connectivity index (χ0n) is 10.6. The summed E-state index contributed by atoms with van der Waals surface area (Å²) in [4.78, 5) is 11.1. The quantitative estimate of drug-likeness (QED) is 0.889. The van der Waals surface area contributed by atoms with Crippen LogP contribution in [0.15, 0.2) is 18.2 Å². The van der Waals surface area contributed by atoms with Gasteiger partial charge in [0.1, 0.15) is 5.75 Å². The third kappa shape index (κ3) is 3.16. The molecule has 0 heterocycles. The molecule has 4 heteroatoms. The molecule has 0 unspecified atom stereocenters. The second-order valence-electron chi connectivity index (χ2n) is 5.45. The van der Waals surface area contributed by atoms with Crippen LogP contribution in [0.3, 0.4) is 0 Å². The molecule has 1 fully saturated rings. The van der Waals surface area contributed by atoms with Crippen molar-refractivity contribution in [3.63, 3.8) is 0 Å². The molecule has 2 rings (SSSR count). The van der Waals surface area contributed by atoms with Crippen LogP contribution in [0.5, 0.6) is 5.75 Å². The molecule has 0 atom stereocenters. The molecule has 0 spiro atoms. The summed E-state index contributed by atoms with van der Waals surface area (Å²) >= 11 is 6.14. The van der Waals surface area contributed by atoms with Gasteiger partial charge in [0.05, 0.1) is 16.5 Å². The van der Waals surface area contributed by atoms with Crippen LogP contribution in [0.2, 0.25) is 5.02 Å². The molecule has 1 aliphatic carbocycles. The van der Waals surface area contributed by atoms with Crippen molar-refractivity contribution >= 4 is 17.6 Å². The molecule has 18 heavy (non-hydrogen) atoms. The Morgan fingerprint density at radius 1 is 1.50 bits per heavy atom. The minimum absolute atomic E-state index is 0.309. The van der Waals surface area contributed by atoms with E-state index in [0.717, 1.165) is 18.4 Å². The van der Waals surface area contributed by atoms with Gasteiger partial charge in [-0.05, 0) is 50.8 Å². The van der Waals surface area contributed by atoms with Crippen molar-refractivity contribution < 1.29 is 14.6 Å². The van der Waals surface area contributed by atoms with E-state index in [-0.39, 0.29) is 0 Å². The molecule has 0 aliphatic heterocycles. The van der Waals surface area contributed by atoms with Crippen molar-refractivity contribution in [1.29, 1.82) is 0 Å². The van der Waals surface area contributed by atoms with Crippen LogP contribution in [0, 0.1) is 5.41 Å². The molecule has 1 aromatic carbocycles. The van der Waals surface area contributed by atoms with Crippen LogP contribution >= 0.6 is 11.6 Å². The van der Waals surface area contributed by atoms with E-state index in [2.05, 4.69) is 0 Å². The van der Waals surface area contributed by atoms with E-state index in [9.17, 15) is 4.79 Å². The van der Waals surface area contributed by atoms with Gasteiger partial charge in [0.15, 0.2) is 0 Å². The molecule has 1 N–H and O–H groups in total. The number of hydrogen-bond donors (Lipinski definition) is 1. The van der Waals surface area contributed by atoms with E-state index >= 15 is 0 Å². The van der Waals surface area contributed by atoms with Crippen LogP contribution in [0.25, 0.3) is 0 Å². The summed E-state index contributed by atoms with van der Waals surface area (Å²) < 4.78 is 5.64. The molecule has 1 aliphatic rings. The second kappa shape index (κ2) is 4.81. The van der Waals surface area contributed by atoms with Crippen molar-refractivity contribution in [1.82, 2.24) is 0 Å². The Morgan fingerprint density at radius 2 is 2.17 bits per heavy atom. The summed E-state index contributed by atoms with van der Waals surface area (Å²) in [6.07, 6.45) is 2.93. The molecule has 0 bridgehead atoms. The lowest BCUT2D eigenvalue weighted by Gasteiger charge is -2.19. The van der Waals surface area contributed by atoms with Gasteiger partial charge in [0.2, 0.25) is 0 Å². The minimum atomic E-state index is -0.808. The van der Waals surface area contributed by atoms with Gasteiger partial charge in [-0.1, -0.05) is 17.7 Å². The number of carboxylic acid groups (broad SMARTS) is 1. The SMILES string of the molecule is CC(C)(Cc1ccc(OC2CC2)c(Cl)c1)C(=O)O. The van der Waals surface area contributed by atoms with E-state index in [1.54, 1.807) is 19.9 Å². The lowest BCUT2D eigenvalue weighted by Crippen LogP contribution is -2.26. The topological polar surface area (TPSA) is 46.5 Å². The molecular weight excluding hydrogens is 252 g/mol. The summed E-state index contributed by atoms with van der Waals surface area (Å²) in [5.41, 5.74) is 0.123. The van der Waals surface area contributed by atoms with Crippen LogP contribution in [-0.2, 0) is 11.2 Å². The van der Waals surface area contributed by atoms with Crippen LogP contribution in [0.4, 0.5) is 0 Å². The Kier molecular flexibility index (Phi) is 3.53. The maximum Gasteiger partial charge on any atom is 0.309 e. The first kappa shape index (κ1) is 13.2. The summed E-state index contributed by atoms with van der Waals surface area (Å²) in [5.74, 6) is -0.118. The van der Waals surface area contributed by atoms with E-state index in [1.807, 2.05) is 12.1 Å². The Hall–Kier alpha value is -1.22. The molecule has 0 saturated heterocycles. The maximum absolute atomic E-state index is 11.1. The lowest BCUT2D eigenvalue weighted by atomic mass is 9.86. The maximum atomic E-state index is 11.1. The molecule has 0 radical (unpaired) electrons. The number of hydrogen-bond acceptors (Lipinski definition) is 2. The number of carbonyl (C=O) groups is 1. The molecule has 1 saturated carbocycles. The summed E-state index contributed by atoms with van der Waals surface area (Å²) in [7, 11) is 0. The van der Waals surface area contributed by atoms with Crippen molar-refractivity contribution in [2.75, 3.05) is 0 Å². The fourth-order valence-corrected chi connectivity index (χ4v) is 1.95.